The fourth-order valence-corrected chi connectivity index (χ4v) is 2.35. The summed E-state index contributed by atoms with van der Waals surface area (Å²) in [4.78, 5) is 12.7. The van der Waals surface area contributed by atoms with Gasteiger partial charge >= 0.3 is 0 Å². The predicted octanol–water partition coefficient (Wildman–Crippen LogP) is 3.95. The number of carbonyl (C=O) groups is 1. The number of Topliss-reactive ketones (excluding diaryl/α,β-unsaturated/α-hetero) is 1. The van der Waals surface area contributed by atoms with Crippen LogP contribution in [0.5, 0.6) is 0 Å². The van der Waals surface area contributed by atoms with Gasteiger partial charge in [-0.25, -0.2) is 0 Å². The van der Waals surface area contributed by atoms with Crippen molar-refractivity contribution in [3.8, 4) is 0 Å². The molecule has 0 aromatic heterocycles. The number of ketones is 1. The van der Waals surface area contributed by atoms with E-state index in [2.05, 4.69) is 19.1 Å². The van der Waals surface area contributed by atoms with E-state index in [-0.39, 0.29) is 11.7 Å². The molecule has 2 heteroatoms. The predicted molar refractivity (Wildman–Crippen MR) is 82.4 cm³/mol. The summed E-state index contributed by atoms with van der Waals surface area (Å²) in [6, 6.07) is 19.7. The van der Waals surface area contributed by atoms with E-state index < -0.39 is 0 Å². The Bertz CT molecular complexity index is 507. The maximum absolute atomic E-state index is 12.7. The molecule has 96 valence electrons. The van der Waals surface area contributed by atoms with Gasteiger partial charge in [0.05, 0.1) is 0 Å². The SMILES string of the molecule is CCBCC(C(=O)c1ccccc1)c1ccccc1. The third-order valence-corrected chi connectivity index (χ3v) is 3.42. The average molecular weight is 250 g/mol. The summed E-state index contributed by atoms with van der Waals surface area (Å²) in [5, 5.41) is 0. The molecule has 1 nitrogen and oxygen atoms in total. The molecule has 0 bridgehead atoms. The molecule has 0 saturated heterocycles. The van der Waals surface area contributed by atoms with E-state index in [1.165, 1.54) is 0 Å². The Morgan fingerprint density at radius 1 is 1.00 bits per heavy atom. The first kappa shape index (κ1) is 13.6. The minimum Gasteiger partial charge on any atom is -0.294 e. The molecule has 1 unspecified atom stereocenters. The van der Waals surface area contributed by atoms with Gasteiger partial charge in [-0.1, -0.05) is 80.2 Å². The maximum Gasteiger partial charge on any atom is 0.169 e. The van der Waals surface area contributed by atoms with Crippen LogP contribution >= 0.6 is 0 Å². The Labute approximate surface area is 115 Å². The van der Waals surface area contributed by atoms with Crippen molar-refractivity contribution in [2.24, 2.45) is 0 Å². The number of hydrogen-bond donors (Lipinski definition) is 0. The molecule has 0 radical (unpaired) electrons. The Morgan fingerprint density at radius 2 is 1.58 bits per heavy atom. The van der Waals surface area contributed by atoms with Crippen molar-refractivity contribution < 1.29 is 4.79 Å². The highest BCUT2D eigenvalue weighted by atomic mass is 16.1. The molecule has 19 heavy (non-hydrogen) atoms. The summed E-state index contributed by atoms with van der Waals surface area (Å²) in [7, 11) is 1.08. The van der Waals surface area contributed by atoms with Crippen LogP contribution in [0, 0.1) is 0 Å². The van der Waals surface area contributed by atoms with Gasteiger partial charge in [0.1, 0.15) is 7.28 Å². The van der Waals surface area contributed by atoms with E-state index in [0.717, 1.165) is 31.0 Å². The van der Waals surface area contributed by atoms with Gasteiger partial charge in [0.15, 0.2) is 5.78 Å². The standard InChI is InChI=1S/C17H19BO/c1-2-18-13-16(14-9-5-3-6-10-14)17(19)15-11-7-4-8-12-15/h3-12,16,18H,2,13H2,1H3. The third-order valence-electron chi connectivity index (χ3n) is 3.42. The van der Waals surface area contributed by atoms with E-state index >= 15 is 0 Å². The lowest BCUT2D eigenvalue weighted by Crippen LogP contribution is -2.14. The van der Waals surface area contributed by atoms with Gasteiger partial charge < -0.3 is 0 Å². The first-order chi connectivity index (χ1) is 9.33. The van der Waals surface area contributed by atoms with Gasteiger partial charge in [-0.3, -0.25) is 4.79 Å². The molecule has 0 N–H and O–H groups in total. The van der Waals surface area contributed by atoms with Crippen LogP contribution in [0.25, 0.3) is 0 Å². The lowest BCUT2D eigenvalue weighted by Gasteiger charge is -2.15. The summed E-state index contributed by atoms with van der Waals surface area (Å²) in [6.07, 6.45) is 2.04. The topological polar surface area (TPSA) is 17.1 Å². The second kappa shape index (κ2) is 6.94. The zero-order valence-electron chi connectivity index (χ0n) is 11.4. The summed E-state index contributed by atoms with van der Waals surface area (Å²) >= 11 is 0. The fourth-order valence-electron chi connectivity index (χ4n) is 2.35. The highest BCUT2D eigenvalue weighted by molar-refractivity contribution is 6.36. The van der Waals surface area contributed by atoms with E-state index in [0.29, 0.717) is 0 Å². The molecule has 1 atom stereocenters. The lowest BCUT2D eigenvalue weighted by molar-refractivity contribution is 0.0966. The molecule has 0 aliphatic rings. The van der Waals surface area contributed by atoms with Gasteiger partial charge in [0, 0.05) is 11.5 Å². The Balaban J connectivity index is 2.25. The molecule has 2 aromatic rings. The van der Waals surface area contributed by atoms with Crippen molar-refractivity contribution in [3.05, 3.63) is 71.8 Å². The second-order valence-corrected chi connectivity index (χ2v) is 4.84. The highest BCUT2D eigenvalue weighted by Gasteiger charge is 2.21. The normalized spacial score (nSPS) is 11.8. The highest BCUT2D eigenvalue weighted by Crippen LogP contribution is 2.25. The van der Waals surface area contributed by atoms with Crippen molar-refractivity contribution in [3.63, 3.8) is 0 Å². The zero-order chi connectivity index (χ0) is 13.5. The minimum atomic E-state index is -0.0106. The fraction of sp³-hybridized carbons (Fsp3) is 0.235. The molecule has 0 amide bonds. The van der Waals surface area contributed by atoms with Crippen LogP contribution in [0.3, 0.4) is 0 Å². The van der Waals surface area contributed by atoms with Crippen molar-refractivity contribution in [2.75, 3.05) is 0 Å². The van der Waals surface area contributed by atoms with Crippen LogP contribution in [0.15, 0.2) is 60.7 Å². The summed E-state index contributed by atoms with van der Waals surface area (Å²) in [6.45, 7) is 2.16. The lowest BCUT2D eigenvalue weighted by atomic mass is 9.64. The zero-order valence-corrected chi connectivity index (χ0v) is 11.4. The van der Waals surface area contributed by atoms with Crippen LogP contribution < -0.4 is 0 Å². The van der Waals surface area contributed by atoms with E-state index in [1.54, 1.807) is 0 Å². The average Bonchev–Trinajstić information content (AvgIpc) is 2.49. The monoisotopic (exact) mass is 250 g/mol. The van der Waals surface area contributed by atoms with Crippen LogP contribution in [-0.4, -0.2) is 13.1 Å². The van der Waals surface area contributed by atoms with Crippen LogP contribution in [0.1, 0.15) is 28.8 Å². The smallest absolute Gasteiger partial charge is 0.169 e. The molecule has 2 aromatic carbocycles. The Hall–Kier alpha value is -1.83. The maximum atomic E-state index is 12.7. The summed E-state index contributed by atoms with van der Waals surface area (Å²) < 4.78 is 0. The summed E-state index contributed by atoms with van der Waals surface area (Å²) in [5.74, 6) is 0.226. The molecule has 0 fully saturated rings. The van der Waals surface area contributed by atoms with Crippen LogP contribution in [0.2, 0.25) is 12.6 Å². The summed E-state index contributed by atoms with van der Waals surface area (Å²) in [5.41, 5.74) is 1.94. The molecular formula is C17H19BO. The largest absolute Gasteiger partial charge is 0.294 e. The van der Waals surface area contributed by atoms with Crippen molar-refractivity contribution in [2.45, 2.75) is 25.5 Å². The first-order valence-electron chi connectivity index (χ1n) is 6.97. The Kier molecular flexibility index (Phi) is 4.97. The van der Waals surface area contributed by atoms with Crippen molar-refractivity contribution in [1.29, 1.82) is 0 Å². The Morgan fingerprint density at radius 3 is 2.16 bits per heavy atom. The molecule has 0 aliphatic carbocycles. The number of benzene rings is 2. The van der Waals surface area contributed by atoms with Crippen LogP contribution in [0.4, 0.5) is 0 Å². The number of hydrogen-bond acceptors (Lipinski definition) is 1. The molecule has 0 heterocycles. The first-order valence-corrected chi connectivity index (χ1v) is 6.97. The number of carbonyl (C=O) groups excluding carboxylic acids is 1. The van der Waals surface area contributed by atoms with E-state index in [1.807, 2.05) is 48.5 Å². The molecule has 0 spiro atoms. The minimum absolute atomic E-state index is 0.0106. The second-order valence-electron chi connectivity index (χ2n) is 4.84. The molecular weight excluding hydrogens is 231 g/mol. The number of rotatable bonds is 6. The third kappa shape index (κ3) is 3.57. The van der Waals surface area contributed by atoms with Gasteiger partial charge in [-0.05, 0) is 5.56 Å². The van der Waals surface area contributed by atoms with Crippen LogP contribution in [-0.2, 0) is 0 Å². The quantitative estimate of drug-likeness (QED) is 0.560. The molecule has 0 aliphatic heterocycles. The van der Waals surface area contributed by atoms with E-state index in [9.17, 15) is 4.79 Å². The van der Waals surface area contributed by atoms with Crippen molar-refractivity contribution >= 4 is 13.1 Å². The molecule has 0 saturated carbocycles. The van der Waals surface area contributed by atoms with Gasteiger partial charge in [-0.15, -0.1) is 0 Å². The molecule has 2 rings (SSSR count). The van der Waals surface area contributed by atoms with Gasteiger partial charge in [-0.2, -0.15) is 0 Å². The van der Waals surface area contributed by atoms with Gasteiger partial charge in [0.25, 0.3) is 0 Å². The van der Waals surface area contributed by atoms with E-state index in [4.69, 9.17) is 0 Å². The van der Waals surface area contributed by atoms with Gasteiger partial charge in [0.2, 0.25) is 0 Å². The van der Waals surface area contributed by atoms with Crippen molar-refractivity contribution in [1.82, 2.24) is 0 Å².